The summed E-state index contributed by atoms with van der Waals surface area (Å²) in [5.74, 6) is 2.05. The van der Waals surface area contributed by atoms with Crippen LogP contribution in [0.1, 0.15) is 25.0 Å². The van der Waals surface area contributed by atoms with E-state index >= 15 is 0 Å². The molecule has 6 aromatic carbocycles. The van der Waals surface area contributed by atoms with E-state index in [-0.39, 0.29) is 5.41 Å². The zero-order valence-corrected chi connectivity index (χ0v) is 34.1. The second-order valence-electron chi connectivity index (χ2n) is 17.1. The first kappa shape index (κ1) is 34.8. The molecule has 0 aliphatic heterocycles. The van der Waals surface area contributed by atoms with E-state index < -0.39 is 16.1 Å². The molecule has 1 aromatic heterocycles. The highest BCUT2D eigenvalue weighted by molar-refractivity contribution is 6.89. The Morgan fingerprint density at radius 2 is 0.755 bits per heavy atom. The Morgan fingerprint density at radius 3 is 1.26 bits per heavy atom. The highest BCUT2D eigenvalue weighted by Gasteiger charge is 2.35. The number of hydrogen-bond donors (Lipinski definition) is 0. The Balaban J connectivity index is 1.18. The van der Waals surface area contributed by atoms with Crippen molar-refractivity contribution < 1.29 is 0 Å². The van der Waals surface area contributed by atoms with Crippen LogP contribution in [-0.4, -0.2) is 31.1 Å². The average Bonchev–Trinajstić information content (AvgIpc) is 3.39. The SMILES string of the molecule is CC1(C)c2ccccc2-c2cc(-c3cccc(-c4cccc(-c5nc(-c6ccc([Si](C)(C)C)cc6)nc(-c6ccc([Si](C)(C)C)cc6)n5)c4)c3)ccc21. The van der Waals surface area contributed by atoms with Crippen molar-refractivity contribution in [1.29, 1.82) is 0 Å². The van der Waals surface area contributed by atoms with Gasteiger partial charge in [-0.3, -0.25) is 0 Å². The second kappa shape index (κ2) is 13.0. The summed E-state index contributed by atoms with van der Waals surface area (Å²) in [4.78, 5) is 15.3. The molecule has 0 amide bonds. The molecule has 53 heavy (non-hydrogen) atoms. The van der Waals surface area contributed by atoms with Crippen molar-refractivity contribution >= 4 is 26.5 Å². The van der Waals surface area contributed by atoms with Gasteiger partial charge in [0.1, 0.15) is 0 Å². The average molecular weight is 722 g/mol. The Hall–Kier alpha value is -5.24. The van der Waals surface area contributed by atoms with Gasteiger partial charge in [-0.05, 0) is 62.7 Å². The molecule has 0 N–H and O–H groups in total. The van der Waals surface area contributed by atoms with E-state index in [2.05, 4.69) is 193 Å². The topological polar surface area (TPSA) is 38.7 Å². The molecule has 7 aromatic rings. The van der Waals surface area contributed by atoms with Crippen LogP contribution in [-0.2, 0) is 5.41 Å². The number of hydrogen-bond acceptors (Lipinski definition) is 3. The molecule has 0 saturated carbocycles. The monoisotopic (exact) mass is 721 g/mol. The van der Waals surface area contributed by atoms with Gasteiger partial charge in [-0.25, -0.2) is 15.0 Å². The molecule has 1 aliphatic carbocycles. The summed E-state index contributed by atoms with van der Waals surface area (Å²) in [6, 6.07) is 51.0. The van der Waals surface area contributed by atoms with Crippen molar-refractivity contribution in [2.45, 2.75) is 58.5 Å². The van der Waals surface area contributed by atoms with Crippen LogP contribution in [0.5, 0.6) is 0 Å². The van der Waals surface area contributed by atoms with E-state index in [1.807, 2.05) is 0 Å². The summed E-state index contributed by atoms with van der Waals surface area (Å²) in [7, 11) is -2.89. The standard InChI is InChI=1S/C48H47N3Si2/c1-48(2)43-18-10-9-17-41(43)42-31-37(23-28-44(42)48)35-14-11-13-34(29-35)36-15-12-16-38(30-36)47-50-45(32-19-24-39(25-20-32)52(3,4)5)49-46(51-47)33-21-26-40(27-22-33)53(6,7)8/h9-31H,1-8H3. The molecule has 0 bridgehead atoms. The molecule has 0 radical (unpaired) electrons. The number of aromatic nitrogens is 3. The molecule has 8 rings (SSSR count). The minimum absolute atomic E-state index is 0.00361. The zero-order chi connectivity index (χ0) is 37.1. The lowest BCUT2D eigenvalue weighted by Gasteiger charge is -2.21. The first-order valence-corrected chi connectivity index (χ1v) is 25.7. The molecule has 0 unspecified atom stereocenters. The molecule has 0 atom stereocenters. The van der Waals surface area contributed by atoms with Gasteiger partial charge in [-0.1, -0.05) is 185 Å². The first-order chi connectivity index (χ1) is 25.3. The lowest BCUT2D eigenvalue weighted by atomic mass is 9.82. The third-order valence-corrected chi connectivity index (χ3v) is 15.0. The van der Waals surface area contributed by atoms with Gasteiger partial charge in [0, 0.05) is 22.1 Å². The smallest absolute Gasteiger partial charge is 0.164 e. The van der Waals surface area contributed by atoms with Crippen molar-refractivity contribution in [3.8, 4) is 67.5 Å². The maximum Gasteiger partial charge on any atom is 0.164 e. The molecule has 0 spiro atoms. The lowest BCUT2D eigenvalue weighted by molar-refractivity contribution is 0.660. The summed E-state index contributed by atoms with van der Waals surface area (Å²) in [6.45, 7) is 18.9. The van der Waals surface area contributed by atoms with Crippen molar-refractivity contribution in [3.05, 3.63) is 151 Å². The third kappa shape index (κ3) is 6.64. The van der Waals surface area contributed by atoms with Crippen LogP contribution in [0.25, 0.3) is 67.5 Å². The molecular formula is C48H47N3Si2. The number of benzene rings is 6. The van der Waals surface area contributed by atoms with Gasteiger partial charge in [0.05, 0.1) is 16.1 Å². The number of rotatable bonds is 7. The van der Waals surface area contributed by atoms with Crippen molar-refractivity contribution in [3.63, 3.8) is 0 Å². The number of nitrogens with zero attached hydrogens (tertiary/aromatic N) is 3. The van der Waals surface area contributed by atoms with Gasteiger partial charge in [0.15, 0.2) is 17.5 Å². The predicted octanol–water partition coefficient (Wildman–Crippen LogP) is 11.6. The molecule has 3 nitrogen and oxygen atoms in total. The highest BCUT2D eigenvalue weighted by Crippen LogP contribution is 2.49. The van der Waals surface area contributed by atoms with Gasteiger partial charge >= 0.3 is 0 Å². The van der Waals surface area contributed by atoms with Gasteiger partial charge in [0.2, 0.25) is 0 Å². The zero-order valence-electron chi connectivity index (χ0n) is 32.1. The molecule has 262 valence electrons. The highest BCUT2D eigenvalue weighted by atomic mass is 28.3. The van der Waals surface area contributed by atoms with Crippen LogP contribution in [0.2, 0.25) is 39.3 Å². The maximum absolute atomic E-state index is 5.11. The van der Waals surface area contributed by atoms with E-state index in [9.17, 15) is 0 Å². The molecule has 1 heterocycles. The lowest BCUT2D eigenvalue weighted by Crippen LogP contribution is -2.37. The fraction of sp³-hybridized carbons (Fsp3) is 0.188. The Labute approximate surface area is 316 Å². The van der Waals surface area contributed by atoms with Crippen molar-refractivity contribution in [1.82, 2.24) is 15.0 Å². The molecule has 0 fully saturated rings. The van der Waals surface area contributed by atoms with Crippen molar-refractivity contribution in [2.24, 2.45) is 0 Å². The van der Waals surface area contributed by atoms with Gasteiger partial charge in [-0.15, -0.1) is 0 Å². The summed E-state index contributed by atoms with van der Waals surface area (Å²) in [6.07, 6.45) is 0. The van der Waals surface area contributed by atoms with Gasteiger partial charge in [-0.2, -0.15) is 0 Å². The minimum Gasteiger partial charge on any atom is -0.208 e. The predicted molar refractivity (Wildman–Crippen MR) is 231 cm³/mol. The number of fused-ring (bicyclic) bond motifs is 3. The maximum atomic E-state index is 5.11. The van der Waals surface area contributed by atoms with E-state index in [4.69, 9.17) is 15.0 Å². The van der Waals surface area contributed by atoms with E-state index in [1.165, 1.54) is 43.8 Å². The first-order valence-electron chi connectivity index (χ1n) is 18.7. The van der Waals surface area contributed by atoms with Crippen LogP contribution in [0.3, 0.4) is 0 Å². The van der Waals surface area contributed by atoms with Crippen LogP contribution in [0, 0.1) is 0 Å². The molecule has 0 saturated heterocycles. The van der Waals surface area contributed by atoms with Crippen LogP contribution in [0.4, 0.5) is 0 Å². The summed E-state index contributed by atoms with van der Waals surface area (Å²) in [5, 5.41) is 2.84. The molecule has 1 aliphatic rings. The summed E-state index contributed by atoms with van der Waals surface area (Å²) >= 11 is 0. The second-order valence-corrected chi connectivity index (χ2v) is 27.2. The van der Waals surface area contributed by atoms with E-state index in [0.717, 1.165) is 27.8 Å². The van der Waals surface area contributed by atoms with Crippen LogP contribution >= 0.6 is 0 Å². The van der Waals surface area contributed by atoms with E-state index in [1.54, 1.807) is 0 Å². The van der Waals surface area contributed by atoms with Crippen LogP contribution < -0.4 is 10.4 Å². The fourth-order valence-corrected chi connectivity index (χ4v) is 9.95. The molecular weight excluding hydrogens is 675 g/mol. The Kier molecular flexibility index (Phi) is 8.55. The largest absolute Gasteiger partial charge is 0.208 e. The third-order valence-electron chi connectivity index (χ3n) is 10.9. The normalized spacial score (nSPS) is 13.4. The summed E-state index contributed by atoms with van der Waals surface area (Å²) in [5.41, 5.74) is 13.1. The van der Waals surface area contributed by atoms with E-state index in [0.29, 0.717) is 17.5 Å². The van der Waals surface area contributed by atoms with Gasteiger partial charge < -0.3 is 0 Å². The minimum atomic E-state index is -1.44. The van der Waals surface area contributed by atoms with Gasteiger partial charge in [0.25, 0.3) is 0 Å². The quantitative estimate of drug-likeness (QED) is 0.154. The Morgan fingerprint density at radius 1 is 0.358 bits per heavy atom. The van der Waals surface area contributed by atoms with Crippen LogP contribution in [0.15, 0.2) is 140 Å². The van der Waals surface area contributed by atoms with Crippen molar-refractivity contribution in [2.75, 3.05) is 0 Å². The fourth-order valence-electron chi connectivity index (χ4n) is 7.62. The summed E-state index contributed by atoms with van der Waals surface area (Å²) < 4.78 is 0. The Bertz CT molecular complexity index is 2410. The molecule has 5 heteroatoms.